The molecule has 0 saturated heterocycles. The van der Waals surface area contributed by atoms with Gasteiger partial charge in [-0.1, -0.05) is 55.4 Å². The van der Waals surface area contributed by atoms with E-state index in [9.17, 15) is 9.18 Å². The number of amides is 1. The third-order valence-electron chi connectivity index (χ3n) is 4.84. The molecule has 1 aliphatic rings. The topological polar surface area (TPSA) is 41.9 Å². The molecule has 0 fully saturated rings. The first-order valence-electron chi connectivity index (χ1n) is 9.73. The van der Waals surface area contributed by atoms with Crippen molar-refractivity contribution in [2.45, 2.75) is 46.3 Å². The number of halogens is 1. The van der Waals surface area contributed by atoms with E-state index >= 15 is 0 Å². The lowest BCUT2D eigenvalue weighted by Crippen LogP contribution is -2.37. The molecule has 0 N–H and O–H groups in total. The molecule has 2 aromatic carbocycles. The number of hydrogen-bond donors (Lipinski definition) is 0. The fraction of sp³-hybridized carbons (Fsp3) is 0.391. The van der Waals surface area contributed by atoms with E-state index in [1.54, 1.807) is 17.0 Å². The zero-order valence-corrected chi connectivity index (χ0v) is 16.7. The monoisotopic (exact) mass is 382 g/mol. The normalized spacial score (nSPS) is 16.0. The smallest absolute Gasteiger partial charge is 0.223 e. The highest BCUT2D eigenvalue weighted by Crippen LogP contribution is 2.21. The minimum absolute atomic E-state index is 0.0762. The summed E-state index contributed by atoms with van der Waals surface area (Å²) in [4.78, 5) is 20.2. The second kappa shape index (κ2) is 9.00. The van der Waals surface area contributed by atoms with E-state index in [2.05, 4.69) is 18.1 Å². The lowest BCUT2D eigenvalue weighted by atomic mass is 10.00. The van der Waals surface area contributed by atoms with Crippen molar-refractivity contribution < 1.29 is 14.0 Å². The van der Waals surface area contributed by atoms with Gasteiger partial charge in [0.25, 0.3) is 0 Å². The van der Waals surface area contributed by atoms with Crippen molar-refractivity contribution in [2.24, 2.45) is 11.1 Å². The zero-order valence-electron chi connectivity index (χ0n) is 16.7. The maximum absolute atomic E-state index is 13.2. The summed E-state index contributed by atoms with van der Waals surface area (Å²) in [5.74, 6) is 0.0676. The van der Waals surface area contributed by atoms with Gasteiger partial charge in [-0.15, -0.1) is 0 Å². The number of oxime groups is 1. The number of hydrogen-bond acceptors (Lipinski definition) is 3. The molecule has 5 heteroatoms. The van der Waals surface area contributed by atoms with Crippen molar-refractivity contribution in [1.29, 1.82) is 0 Å². The van der Waals surface area contributed by atoms with E-state index in [1.807, 2.05) is 32.0 Å². The second-order valence-corrected chi connectivity index (χ2v) is 7.78. The number of nitrogens with zero attached hydrogens (tertiary/aromatic N) is 2. The highest BCUT2D eigenvalue weighted by molar-refractivity contribution is 6.02. The summed E-state index contributed by atoms with van der Waals surface area (Å²) in [6.45, 7) is 7.00. The predicted octanol–water partition coefficient (Wildman–Crippen LogP) is 4.70. The molecule has 0 bridgehead atoms. The molecule has 28 heavy (non-hydrogen) atoms. The second-order valence-electron chi connectivity index (χ2n) is 7.78. The van der Waals surface area contributed by atoms with Crippen LogP contribution in [0.2, 0.25) is 0 Å². The Balaban J connectivity index is 1.68. The maximum atomic E-state index is 13.2. The number of rotatable bonds is 7. The molecule has 0 radical (unpaired) electrons. The van der Waals surface area contributed by atoms with Crippen molar-refractivity contribution >= 4 is 11.6 Å². The van der Waals surface area contributed by atoms with Crippen molar-refractivity contribution in [3.63, 3.8) is 0 Å². The summed E-state index contributed by atoms with van der Waals surface area (Å²) in [7, 11) is 0. The minimum atomic E-state index is -0.279. The Bertz CT molecular complexity index is 846. The number of benzene rings is 2. The Labute approximate surface area is 166 Å². The standard InChI is InChI=1S/C23H27FN2O2/c1-16(2)12-23(27)26(14-18-8-10-19(24)11-9-18)15-20-13-22(25-28-20)21-7-5-4-6-17(21)3/h4-11,16,20H,12-15H2,1-3H3. The summed E-state index contributed by atoms with van der Waals surface area (Å²) in [6.07, 6.45) is 0.963. The van der Waals surface area contributed by atoms with Gasteiger partial charge in [0.2, 0.25) is 5.91 Å². The summed E-state index contributed by atoms with van der Waals surface area (Å²) in [5, 5.41) is 4.27. The number of carbonyl (C=O) groups is 1. The molecular weight excluding hydrogens is 355 g/mol. The van der Waals surface area contributed by atoms with E-state index in [1.165, 1.54) is 12.1 Å². The molecule has 1 unspecified atom stereocenters. The van der Waals surface area contributed by atoms with Gasteiger partial charge in [0, 0.05) is 24.9 Å². The summed E-state index contributed by atoms with van der Waals surface area (Å²) < 4.78 is 13.2. The first kappa shape index (κ1) is 20.1. The van der Waals surface area contributed by atoms with E-state index in [0.29, 0.717) is 25.9 Å². The van der Waals surface area contributed by atoms with Crippen LogP contribution in [0.1, 0.15) is 43.4 Å². The minimum Gasteiger partial charge on any atom is -0.390 e. The Kier molecular flexibility index (Phi) is 6.45. The predicted molar refractivity (Wildman–Crippen MR) is 108 cm³/mol. The van der Waals surface area contributed by atoms with Crippen molar-refractivity contribution in [3.8, 4) is 0 Å². The van der Waals surface area contributed by atoms with Gasteiger partial charge in [-0.2, -0.15) is 0 Å². The van der Waals surface area contributed by atoms with Gasteiger partial charge in [-0.25, -0.2) is 4.39 Å². The molecule has 0 aliphatic carbocycles. The average molecular weight is 382 g/mol. The van der Waals surface area contributed by atoms with Gasteiger partial charge >= 0.3 is 0 Å². The van der Waals surface area contributed by atoms with Gasteiger partial charge in [-0.05, 0) is 36.1 Å². The average Bonchev–Trinajstić information content (AvgIpc) is 3.11. The molecule has 148 valence electrons. The van der Waals surface area contributed by atoms with Crippen LogP contribution in [0, 0.1) is 18.7 Å². The highest BCUT2D eigenvalue weighted by atomic mass is 19.1. The van der Waals surface area contributed by atoms with Gasteiger partial charge in [0.1, 0.15) is 5.82 Å². The van der Waals surface area contributed by atoms with Crippen molar-refractivity contribution in [2.75, 3.05) is 6.54 Å². The van der Waals surface area contributed by atoms with Crippen LogP contribution in [-0.2, 0) is 16.2 Å². The fourth-order valence-electron chi connectivity index (χ4n) is 3.37. The first-order chi connectivity index (χ1) is 13.4. The largest absolute Gasteiger partial charge is 0.390 e. The van der Waals surface area contributed by atoms with Crippen LogP contribution in [0.5, 0.6) is 0 Å². The van der Waals surface area contributed by atoms with Crippen LogP contribution < -0.4 is 0 Å². The van der Waals surface area contributed by atoms with Crippen LogP contribution in [0.15, 0.2) is 53.7 Å². The van der Waals surface area contributed by atoms with E-state index in [4.69, 9.17) is 4.84 Å². The summed E-state index contributed by atoms with van der Waals surface area (Å²) >= 11 is 0. The molecule has 0 saturated carbocycles. The molecule has 1 heterocycles. The molecule has 3 rings (SSSR count). The quantitative estimate of drug-likeness (QED) is 0.696. The van der Waals surface area contributed by atoms with Crippen molar-refractivity contribution in [1.82, 2.24) is 4.90 Å². The Morgan fingerprint density at radius 3 is 2.61 bits per heavy atom. The summed E-state index contributed by atoms with van der Waals surface area (Å²) in [5.41, 5.74) is 4.06. The zero-order chi connectivity index (χ0) is 20.1. The summed E-state index contributed by atoms with van der Waals surface area (Å²) in [6, 6.07) is 14.4. The Morgan fingerprint density at radius 2 is 1.93 bits per heavy atom. The highest BCUT2D eigenvalue weighted by Gasteiger charge is 2.27. The number of carbonyl (C=O) groups excluding carboxylic acids is 1. The third-order valence-corrected chi connectivity index (χ3v) is 4.84. The lowest BCUT2D eigenvalue weighted by molar-refractivity contribution is -0.134. The molecule has 2 aromatic rings. The fourth-order valence-corrected chi connectivity index (χ4v) is 3.37. The Hall–Kier alpha value is -2.69. The van der Waals surface area contributed by atoms with Gasteiger partial charge in [0.15, 0.2) is 6.10 Å². The van der Waals surface area contributed by atoms with E-state index < -0.39 is 0 Å². The molecule has 1 aliphatic heterocycles. The van der Waals surface area contributed by atoms with Crippen LogP contribution in [0.4, 0.5) is 4.39 Å². The molecule has 1 amide bonds. The molecule has 4 nitrogen and oxygen atoms in total. The van der Waals surface area contributed by atoms with Crippen LogP contribution in [-0.4, -0.2) is 29.2 Å². The van der Waals surface area contributed by atoms with Crippen LogP contribution in [0.3, 0.4) is 0 Å². The van der Waals surface area contributed by atoms with Gasteiger partial charge in [-0.3, -0.25) is 4.79 Å². The third kappa shape index (κ3) is 5.18. The first-order valence-corrected chi connectivity index (χ1v) is 9.73. The van der Waals surface area contributed by atoms with E-state index in [-0.39, 0.29) is 23.7 Å². The van der Waals surface area contributed by atoms with Gasteiger partial charge < -0.3 is 9.74 Å². The van der Waals surface area contributed by atoms with E-state index in [0.717, 1.165) is 22.4 Å². The molecular formula is C23H27FN2O2. The lowest BCUT2D eigenvalue weighted by Gasteiger charge is -2.26. The van der Waals surface area contributed by atoms with Crippen molar-refractivity contribution in [3.05, 3.63) is 71.0 Å². The molecule has 1 atom stereocenters. The van der Waals surface area contributed by atoms with Crippen LogP contribution >= 0.6 is 0 Å². The molecule has 0 spiro atoms. The SMILES string of the molecule is Cc1ccccc1C1=NOC(CN(Cc2ccc(F)cc2)C(=O)CC(C)C)C1. The maximum Gasteiger partial charge on any atom is 0.223 e. The molecule has 0 aromatic heterocycles. The van der Waals surface area contributed by atoms with Gasteiger partial charge in [0.05, 0.1) is 12.3 Å². The van der Waals surface area contributed by atoms with Crippen LogP contribution in [0.25, 0.3) is 0 Å². The number of aryl methyl sites for hydroxylation is 1. The Morgan fingerprint density at radius 1 is 1.21 bits per heavy atom.